The van der Waals surface area contributed by atoms with Gasteiger partial charge >= 0.3 is 0 Å². The Morgan fingerprint density at radius 1 is 1.07 bits per heavy atom. The van der Waals surface area contributed by atoms with E-state index in [-0.39, 0.29) is 17.3 Å². The number of anilines is 1. The second-order valence-electron chi connectivity index (χ2n) is 5.83. The normalized spacial score (nSPS) is 11.1. The van der Waals surface area contributed by atoms with Crippen LogP contribution in [-0.4, -0.2) is 33.8 Å². The number of rotatable bonds is 8. The van der Waals surface area contributed by atoms with Crippen molar-refractivity contribution in [3.05, 3.63) is 53.6 Å². The van der Waals surface area contributed by atoms with Crippen molar-refractivity contribution in [2.45, 2.75) is 25.2 Å². The molecule has 0 aliphatic carbocycles. The number of hydrogen-bond donors (Lipinski definition) is 2. The Labute approximate surface area is 158 Å². The molecule has 0 radical (unpaired) electrons. The first-order chi connectivity index (χ1) is 12.8. The van der Waals surface area contributed by atoms with Crippen LogP contribution >= 0.6 is 0 Å². The Kier molecular flexibility index (Phi) is 6.70. The summed E-state index contributed by atoms with van der Waals surface area (Å²) in [6.07, 6.45) is 0.421. The fourth-order valence-corrected chi connectivity index (χ4v) is 3.36. The third kappa shape index (κ3) is 5.38. The van der Waals surface area contributed by atoms with Crippen LogP contribution in [0.25, 0.3) is 0 Å². The summed E-state index contributed by atoms with van der Waals surface area (Å²) in [6.45, 7) is 3.21. The van der Waals surface area contributed by atoms with Crippen LogP contribution in [-0.2, 0) is 14.8 Å². The van der Waals surface area contributed by atoms with Gasteiger partial charge in [0.05, 0.1) is 4.90 Å². The van der Waals surface area contributed by atoms with Gasteiger partial charge in [-0.25, -0.2) is 13.1 Å². The molecule has 0 aliphatic rings. The maximum atomic E-state index is 12.1. The van der Waals surface area contributed by atoms with E-state index in [4.69, 9.17) is 4.74 Å². The number of ether oxygens (including phenoxy) is 1. The summed E-state index contributed by atoms with van der Waals surface area (Å²) in [5.41, 5.74) is 1.51. The van der Waals surface area contributed by atoms with E-state index in [1.165, 1.54) is 13.1 Å². The first kappa shape index (κ1) is 20.6. The molecule has 0 fully saturated rings. The van der Waals surface area contributed by atoms with Gasteiger partial charge in [-0.05, 0) is 55.9 Å². The lowest BCUT2D eigenvalue weighted by Gasteiger charge is -2.11. The maximum absolute atomic E-state index is 12.1. The molecule has 0 aromatic heterocycles. The highest BCUT2D eigenvalue weighted by Gasteiger charge is 2.16. The number of hydrogen-bond acceptors (Lipinski definition) is 5. The molecule has 0 spiro atoms. The van der Waals surface area contributed by atoms with Gasteiger partial charge in [0.1, 0.15) is 5.75 Å². The third-order valence-electron chi connectivity index (χ3n) is 3.90. The molecule has 0 atom stereocenters. The molecule has 2 rings (SSSR count). The van der Waals surface area contributed by atoms with Crippen molar-refractivity contribution < 1.29 is 22.7 Å². The lowest BCUT2D eigenvalue weighted by molar-refractivity contribution is -0.118. The molecule has 27 heavy (non-hydrogen) atoms. The van der Waals surface area contributed by atoms with Crippen LogP contribution in [0.5, 0.6) is 5.75 Å². The smallest absolute Gasteiger partial charge is 0.262 e. The Bertz CT molecular complexity index is 937. The maximum Gasteiger partial charge on any atom is 0.262 e. The van der Waals surface area contributed by atoms with Gasteiger partial charge in [-0.3, -0.25) is 9.59 Å². The predicted octanol–water partition coefficient (Wildman–Crippen LogP) is 2.51. The van der Waals surface area contributed by atoms with Gasteiger partial charge in [-0.2, -0.15) is 0 Å². The lowest BCUT2D eigenvalue weighted by atomic mass is 10.1. The van der Waals surface area contributed by atoms with E-state index < -0.39 is 15.9 Å². The molecule has 0 saturated heterocycles. The fourth-order valence-electron chi connectivity index (χ4n) is 2.36. The van der Waals surface area contributed by atoms with E-state index in [1.807, 2.05) is 0 Å². The van der Waals surface area contributed by atoms with Crippen LogP contribution in [0.3, 0.4) is 0 Å². The van der Waals surface area contributed by atoms with Crippen LogP contribution in [0.1, 0.15) is 29.3 Å². The van der Waals surface area contributed by atoms with Crippen molar-refractivity contribution in [2.75, 3.05) is 19.0 Å². The summed E-state index contributed by atoms with van der Waals surface area (Å²) in [5, 5.41) is 2.60. The highest BCUT2D eigenvalue weighted by molar-refractivity contribution is 7.89. The second-order valence-corrected chi connectivity index (χ2v) is 7.68. The van der Waals surface area contributed by atoms with Gasteiger partial charge in [0, 0.05) is 17.7 Å². The monoisotopic (exact) mass is 390 g/mol. The number of ketones is 1. The van der Waals surface area contributed by atoms with Gasteiger partial charge in [-0.15, -0.1) is 0 Å². The Morgan fingerprint density at radius 2 is 1.74 bits per heavy atom. The number of carbonyl (C=O) groups is 2. The van der Waals surface area contributed by atoms with Crippen molar-refractivity contribution >= 4 is 27.4 Å². The number of aryl methyl sites for hydroxylation is 1. The minimum Gasteiger partial charge on any atom is -0.484 e. The highest BCUT2D eigenvalue weighted by Crippen LogP contribution is 2.20. The molecule has 2 N–H and O–H groups in total. The average molecular weight is 390 g/mol. The van der Waals surface area contributed by atoms with E-state index in [0.717, 1.165) is 0 Å². The van der Waals surface area contributed by atoms with Crippen LogP contribution in [0.15, 0.2) is 47.4 Å². The first-order valence-electron chi connectivity index (χ1n) is 8.37. The van der Waals surface area contributed by atoms with Crippen LogP contribution in [0.4, 0.5) is 5.69 Å². The minimum absolute atomic E-state index is 0.0333. The molecule has 1 amide bonds. The lowest BCUT2D eigenvalue weighted by Crippen LogP contribution is -2.22. The van der Waals surface area contributed by atoms with E-state index in [2.05, 4.69) is 10.0 Å². The van der Waals surface area contributed by atoms with Gasteiger partial charge < -0.3 is 10.1 Å². The van der Waals surface area contributed by atoms with Crippen molar-refractivity contribution in [2.24, 2.45) is 0 Å². The summed E-state index contributed by atoms with van der Waals surface area (Å²) in [4.78, 5) is 23.8. The summed E-state index contributed by atoms with van der Waals surface area (Å²) in [5.74, 6) is 0.0616. The van der Waals surface area contributed by atoms with Crippen LogP contribution in [0.2, 0.25) is 0 Å². The number of Topliss-reactive ketones (excluding diaryl/α,β-unsaturated/α-hetero) is 1. The largest absolute Gasteiger partial charge is 0.484 e. The zero-order chi connectivity index (χ0) is 20.0. The Morgan fingerprint density at radius 3 is 2.33 bits per heavy atom. The van der Waals surface area contributed by atoms with Crippen molar-refractivity contribution in [3.8, 4) is 5.75 Å². The highest BCUT2D eigenvalue weighted by atomic mass is 32.2. The topological polar surface area (TPSA) is 102 Å². The minimum atomic E-state index is -3.62. The van der Waals surface area contributed by atoms with Gasteiger partial charge in [0.15, 0.2) is 12.4 Å². The number of sulfonamides is 1. The summed E-state index contributed by atoms with van der Waals surface area (Å²) in [7, 11) is -2.29. The van der Waals surface area contributed by atoms with E-state index in [0.29, 0.717) is 29.0 Å². The molecule has 7 nitrogen and oxygen atoms in total. The molecule has 0 heterocycles. The number of amides is 1. The zero-order valence-electron chi connectivity index (χ0n) is 15.4. The zero-order valence-corrected chi connectivity index (χ0v) is 16.2. The molecular weight excluding hydrogens is 368 g/mol. The van der Waals surface area contributed by atoms with Gasteiger partial charge in [-0.1, -0.05) is 13.0 Å². The number of benzene rings is 2. The summed E-state index contributed by atoms with van der Waals surface area (Å²) in [6, 6.07) is 11.2. The van der Waals surface area contributed by atoms with E-state index in [1.54, 1.807) is 50.2 Å². The van der Waals surface area contributed by atoms with Crippen molar-refractivity contribution in [3.63, 3.8) is 0 Å². The van der Waals surface area contributed by atoms with Gasteiger partial charge in [0.25, 0.3) is 5.91 Å². The molecule has 2 aromatic carbocycles. The molecule has 2 aromatic rings. The third-order valence-corrected chi connectivity index (χ3v) is 5.45. The molecule has 0 aliphatic heterocycles. The molecule has 0 saturated carbocycles. The quantitative estimate of drug-likeness (QED) is 0.675. The summed E-state index contributed by atoms with van der Waals surface area (Å²) >= 11 is 0. The van der Waals surface area contributed by atoms with Crippen LogP contribution < -0.4 is 14.8 Å². The first-order valence-corrected chi connectivity index (χ1v) is 9.85. The Hall–Kier alpha value is -2.71. The molecule has 0 bridgehead atoms. The summed E-state index contributed by atoms with van der Waals surface area (Å²) < 4.78 is 31.6. The van der Waals surface area contributed by atoms with E-state index >= 15 is 0 Å². The van der Waals surface area contributed by atoms with Gasteiger partial charge in [0.2, 0.25) is 10.0 Å². The number of nitrogens with one attached hydrogen (secondary N) is 2. The molecule has 0 unspecified atom stereocenters. The van der Waals surface area contributed by atoms with E-state index in [9.17, 15) is 18.0 Å². The molecule has 144 valence electrons. The molecule has 8 heteroatoms. The standard InChI is InChI=1S/C19H22N2O5S/c1-4-17(22)14-6-9-16(10-7-14)26-12-19(23)21-15-8-5-13(2)18(11-15)27(24,25)20-3/h5-11,20H,4,12H2,1-3H3,(H,21,23). The van der Waals surface area contributed by atoms with Crippen molar-refractivity contribution in [1.82, 2.24) is 4.72 Å². The second kappa shape index (κ2) is 8.79. The SMILES string of the molecule is CCC(=O)c1ccc(OCC(=O)Nc2ccc(C)c(S(=O)(=O)NC)c2)cc1. The fraction of sp³-hybridized carbons (Fsp3) is 0.263. The predicted molar refractivity (Wildman–Crippen MR) is 103 cm³/mol. The Balaban J connectivity index is 2.00. The molecular formula is C19H22N2O5S. The number of carbonyl (C=O) groups excluding carboxylic acids is 2. The van der Waals surface area contributed by atoms with Crippen molar-refractivity contribution in [1.29, 1.82) is 0 Å². The average Bonchev–Trinajstić information content (AvgIpc) is 2.67. The van der Waals surface area contributed by atoms with Crippen LogP contribution in [0, 0.1) is 6.92 Å².